The molecule has 0 aliphatic heterocycles. The molecular weight excluding hydrogens is 468 g/mol. The Morgan fingerprint density at radius 1 is 0.529 bits per heavy atom. The molecule has 0 saturated heterocycles. The van der Waals surface area contributed by atoms with Gasteiger partial charge in [0.1, 0.15) is 33.4 Å². The van der Waals surface area contributed by atoms with Gasteiger partial charge < -0.3 is 26.8 Å². The summed E-state index contributed by atoms with van der Waals surface area (Å²) in [6.45, 7) is 4.21. The van der Waals surface area contributed by atoms with E-state index in [1.54, 1.807) is 22.7 Å². The quantitative estimate of drug-likeness (QED) is 0.216. The minimum absolute atomic E-state index is 0.786. The highest BCUT2D eigenvalue weighted by Crippen LogP contribution is 2.47. The summed E-state index contributed by atoms with van der Waals surface area (Å²) in [5.74, 6) is 0. The van der Waals surface area contributed by atoms with Gasteiger partial charge in [0, 0.05) is 34.6 Å². The molecule has 0 aliphatic rings. The van der Waals surface area contributed by atoms with Crippen molar-refractivity contribution in [1.82, 2.24) is 9.13 Å². The molecule has 8 heteroatoms. The first-order valence-corrected chi connectivity index (χ1v) is 12.7. The third kappa shape index (κ3) is 1.81. The van der Waals surface area contributed by atoms with Gasteiger partial charge in [0.05, 0.1) is 20.4 Å². The maximum atomic E-state index is 6.43. The second-order valence-electron chi connectivity index (χ2n) is 9.18. The lowest BCUT2D eigenvalue weighted by molar-refractivity contribution is 0.632. The van der Waals surface area contributed by atoms with Crippen LogP contribution in [-0.4, -0.2) is 9.13 Å². The summed E-state index contributed by atoms with van der Waals surface area (Å²) in [7, 11) is 4.15. The van der Waals surface area contributed by atoms with E-state index >= 15 is 0 Å². The summed E-state index contributed by atoms with van der Waals surface area (Å²) in [5.41, 5.74) is 10.9. The second-order valence-corrected chi connectivity index (χ2v) is 11.7. The summed E-state index contributed by atoms with van der Waals surface area (Å²) >= 11 is 3.50. The molecule has 0 amide bonds. The Morgan fingerprint density at radius 3 is 1.35 bits per heavy atom. The van der Waals surface area contributed by atoms with Gasteiger partial charge in [-0.1, -0.05) is 0 Å². The molecule has 1 aromatic carbocycles. The lowest BCUT2D eigenvalue weighted by Crippen LogP contribution is -1.86. The van der Waals surface area contributed by atoms with Gasteiger partial charge in [-0.2, -0.15) is 0 Å². The molecule has 0 aliphatic carbocycles. The topological polar surface area (TPSA) is 62.4 Å². The Hall–Kier alpha value is -3.62. The van der Waals surface area contributed by atoms with Crippen LogP contribution in [0.1, 0.15) is 9.75 Å². The zero-order chi connectivity index (χ0) is 22.6. The molecule has 0 fully saturated rings. The van der Waals surface area contributed by atoms with Crippen molar-refractivity contribution in [2.75, 3.05) is 0 Å². The molecule has 8 aromatic heterocycles. The van der Waals surface area contributed by atoms with Crippen LogP contribution in [0.3, 0.4) is 0 Å². The molecule has 0 unspecified atom stereocenters. The molecule has 0 N–H and O–H groups in total. The van der Waals surface area contributed by atoms with Gasteiger partial charge in [0.2, 0.25) is 0 Å². The van der Waals surface area contributed by atoms with Crippen LogP contribution in [0.25, 0.3) is 86.9 Å². The van der Waals surface area contributed by atoms with Crippen LogP contribution in [0.2, 0.25) is 0 Å². The Balaban J connectivity index is 1.42. The van der Waals surface area contributed by atoms with Crippen LogP contribution >= 0.6 is 22.7 Å². The number of benzene rings is 1. The maximum absolute atomic E-state index is 6.43. The summed E-state index contributed by atoms with van der Waals surface area (Å²) in [6.07, 6.45) is 0. The minimum atomic E-state index is 0.786. The van der Waals surface area contributed by atoms with Gasteiger partial charge in [-0.25, -0.2) is 0 Å². The molecule has 9 rings (SSSR count). The van der Waals surface area contributed by atoms with Crippen LogP contribution in [0.4, 0.5) is 0 Å². The lowest BCUT2D eigenvalue weighted by atomic mass is 10.2. The maximum Gasteiger partial charge on any atom is 0.197 e. The molecule has 0 radical (unpaired) electrons. The van der Waals surface area contributed by atoms with Gasteiger partial charge in [-0.3, -0.25) is 0 Å². The van der Waals surface area contributed by atoms with Gasteiger partial charge in [-0.15, -0.1) is 22.7 Å². The SMILES string of the molecule is Cc1cc2oc3c4oc5cc6c(cc5c4n(C)c3c2s1)oc1c2oc3cc(C)sc3c2n(C)c61. The fourth-order valence-electron chi connectivity index (χ4n) is 5.76. The van der Waals surface area contributed by atoms with Gasteiger partial charge in [-0.05, 0) is 38.1 Å². The number of fused-ring (bicyclic) bond motifs is 14. The van der Waals surface area contributed by atoms with Crippen molar-refractivity contribution in [2.45, 2.75) is 13.8 Å². The molecule has 0 atom stereocenters. The summed E-state index contributed by atoms with van der Waals surface area (Å²) in [6, 6.07) is 8.37. The number of furan rings is 4. The smallest absolute Gasteiger partial charge is 0.197 e. The highest BCUT2D eigenvalue weighted by atomic mass is 32.1. The normalized spacial score (nSPS) is 13.3. The zero-order valence-electron chi connectivity index (χ0n) is 18.7. The first-order chi connectivity index (χ1) is 16.5. The first kappa shape index (κ1) is 17.8. The number of aromatic nitrogens is 2. The van der Waals surface area contributed by atoms with E-state index in [1.807, 2.05) is 0 Å². The lowest BCUT2D eigenvalue weighted by Gasteiger charge is -1.98. The van der Waals surface area contributed by atoms with E-state index in [4.69, 9.17) is 17.7 Å². The van der Waals surface area contributed by atoms with E-state index < -0.39 is 0 Å². The first-order valence-electron chi connectivity index (χ1n) is 11.0. The average Bonchev–Trinajstić information content (AvgIpc) is 3.59. The molecule has 8 heterocycles. The number of thiophene rings is 2. The van der Waals surface area contributed by atoms with Crippen molar-refractivity contribution in [2.24, 2.45) is 14.1 Å². The zero-order valence-corrected chi connectivity index (χ0v) is 20.3. The third-order valence-electron chi connectivity index (χ3n) is 7.13. The van der Waals surface area contributed by atoms with E-state index in [0.717, 1.165) is 86.9 Å². The van der Waals surface area contributed by atoms with E-state index in [0.29, 0.717) is 0 Å². The monoisotopic (exact) mass is 484 g/mol. The highest BCUT2D eigenvalue weighted by molar-refractivity contribution is 7.20. The van der Waals surface area contributed by atoms with Gasteiger partial charge in [0.15, 0.2) is 22.3 Å². The summed E-state index contributed by atoms with van der Waals surface area (Å²) < 4.78 is 32.0. The Labute approximate surface area is 198 Å². The van der Waals surface area contributed by atoms with Crippen LogP contribution in [-0.2, 0) is 14.1 Å². The van der Waals surface area contributed by atoms with Crippen LogP contribution in [0, 0.1) is 13.8 Å². The van der Waals surface area contributed by atoms with Crippen LogP contribution in [0.15, 0.2) is 41.9 Å². The molecule has 0 bridgehead atoms. The van der Waals surface area contributed by atoms with Crippen LogP contribution < -0.4 is 0 Å². The highest BCUT2D eigenvalue weighted by Gasteiger charge is 2.27. The second kappa shape index (κ2) is 5.37. The molecular formula is C26H16N2O4S2. The molecule has 166 valence electrons. The average molecular weight is 485 g/mol. The standard InChI is InChI=1S/C26H16N2O4S2/c1-9-5-15-25(33-9)19-23(31-15)21-17(27(19)3)11-7-14-12(8-13(11)29-21)18-22(30-14)24-20(28(18)4)26-16(32-24)6-10(2)34-26/h5-8H,1-4H3. The number of hydrogen-bond donors (Lipinski definition) is 0. The number of aryl methyl sites for hydroxylation is 4. The van der Waals surface area contributed by atoms with Crippen molar-refractivity contribution in [1.29, 1.82) is 0 Å². The van der Waals surface area contributed by atoms with Gasteiger partial charge >= 0.3 is 0 Å². The predicted molar refractivity (Wildman–Crippen MR) is 139 cm³/mol. The summed E-state index contributed by atoms with van der Waals surface area (Å²) in [5, 5.41) is 2.04. The fourth-order valence-corrected chi connectivity index (χ4v) is 7.79. The van der Waals surface area contributed by atoms with E-state index in [-0.39, 0.29) is 0 Å². The van der Waals surface area contributed by atoms with Gasteiger partial charge in [0.25, 0.3) is 0 Å². The number of nitrogens with zero attached hydrogens (tertiary/aromatic N) is 2. The predicted octanol–water partition coefficient (Wildman–Crippen LogP) is 8.70. The van der Waals surface area contributed by atoms with E-state index in [9.17, 15) is 0 Å². The molecule has 9 aromatic rings. The molecule has 0 saturated carbocycles. The third-order valence-corrected chi connectivity index (χ3v) is 9.20. The largest absolute Gasteiger partial charge is 0.450 e. The van der Waals surface area contributed by atoms with E-state index in [1.165, 1.54) is 9.75 Å². The van der Waals surface area contributed by atoms with Crippen molar-refractivity contribution in [3.63, 3.8) is 0 Å². The Kier molecular flexibility index (Phi) is 2.81. The molecule has 34 heavy (non-hydrogen) atoms. The molecule has 6 nitrogen and oxygen atoms in total. The van der Waals surface area contributed by atoms with E-state index in [2.05, 4.69) is 61.3 Å². The minimum Gasteiger partial charge on any atom is -0.450 e. The Morgan fingerprint density at radius 2 is 0.912 bits per heavy atom. The Bertz CT molecular complexity index is 2170. The fraction of sp³-hybridized carbons (Fsp3) is 0.154. The van der Waals surface area contributed by atoms with Crippen molar-refractivity contribution >= 4 is 110 Å². The number of hydrogen-bond acceptors (Lipinski definition) is 6. The molecule has 0 spiro atoms. The number of rotatable bonds is 0. The van der Waals surface area contributed by atoms with Crippen molar-refractivity contribution in [3.8, 4) is 0 Å². The summed E-state index contributed by atoms with van der Waals surface area (Å²) in [4.78, 5) is 2.48. The van der Waals surface area contributed by atoms with Crippen molar-refractivity contribution in [3.05, 3.63) is 34.0 Å². The van der Waals surface area contributed by atoms with Crippen LogP contribution in [0.5, 0.6) is 0 Å². The van der Waals surface area contributed by atoms with Crippen molar-refractivity contribution < 1.29 is 17.7 Å².